The van der Waals surface area contributed by atoms with Gasteiger partial charge in [-0.25, -0.2) is 0 Å². The van der Waals surface area contributed by atoms with Crippen LogP contribution in [-0.4, -0.2) is 52.3 Å². The number of hydrogen-bond acceptors (Lipinski definition) is 4. The van der Waals surface area contributed by atoms with E-state index in [1.807, 2.05) is 0 Å². The van der Waals surface area contributed by atoms with Crippen molar-refractivity contribution in [3.05, 3.63) is 32.2 Å². The molecule has 0 radical (unpaired) electrons. The molecule has 0 unspecified atom stereocenters. The SMILES string of the molecule is COCCNC(=O)c1cc(Br)c(C(=O)NCCOC)cc1Br. The number of rotatable bonds is 8. The highest BCUT2D eigenvalue weighted by atomic mass is 79.9. The molecule has 122 valence electrons. The first-order valence-corrected chi connectivity index (χ1v) is 8.13. The zero-order valence-electron chi connectivity index (χ0n) is 12.4. The molecule has 22 heavy (non-hydrogen) atoms. The highest BCUT2D eigenvalue weighted by Gasteiger charge is 2.16. The van der Waals surface area contributed by atoms with Crippen LogP contribution in [0.2, 0.25) is 0 Å². The molecule has 0 aliphatic carbocycles. The number of amides is 2. The molecule has 0 saturated heterocycles. The molecular formula is C14H18Br2N2O4. The van der Waals surface area contributed by atoms with Crippen LogP contribution in [0.1, 0.15) is 20.7 Å². The summed E-state index contributed by atoms with van der Waals surface area (Å²) in [5.41, 5.74) is 0.882. The molecule has 1 aromatic rings. The van der Waals surface area contributed by atoms with Crippen LogP contribution in [0.25, 0.3) is 0 Å². The van der Waals surface area contributed by atoms with Crippen molar-refractivity contribution in [1.29, 1.82) is 0 Å². The second-order valence-corrected chi connectivity index (χ2v) is 6.02. The van der Waals surface area contributed by atoms with Gasteiger partial charge in [-0.05, 0) is 44.0 Å². The Hall–Kier alpha value is -0.960. The van der Waals surface area contributed by atoms with Crippen molar-refractivity contribution in [3.63, 3.8) is 0 Å². The topological polar surface area (TPSA) is 76.7 Å². The summed E-state index contributed by atoms with van der Waals surface area (Å²) in [6, 6.07) is 3.22. The lowest BCUT2D eigenvalue weighted by atomic mass is 10.1. The fourth-order valence-corrected chi connectivity index (χ4v) is 2.67. The number of benzene rings is 1. The first-order valence-electron chi connectivity index (χ1n) is 6.54. The summed E-state index contributed by atoms with van der Waals surface area (Å²) in [5.74, 6) is -0.480. The molecule has 0 saturated carbocycles. The van der Waals surface area contributed by atoms with Crippen molar-refractivity contribution >= 4 is 43.7 Å². The van der Waals surface area contributed by atoms with Gasteiger partial charge >= 0.3 is 0 Å². The molecule has 0 bridgehead atoms. The maximum Gasteiger partial charge on any atom is 0.252 e. The second kappa shape index (κ2) is 9.94. The fourth-order valence-electron chi connectivity index (χ4n) is 1.62. The summed E-state index contributed by atoms with van der Waals surface area (Å²) in [6.07, 6.45) is 0. The summed E-state index contributed by atoms with van der Waals surface area (Å²) in [5, 5.41) is 5.45. The average molecular weight is 438 g/mol. The predicted octanol–water partition coefficient (Wildman–Crippen LogP) is 1.96. The van der Waals surface area contributed by atoms with Gasteiger partial charge in [0.25, 0.3) is 11.8 Å². The number of carbonyl (C=O) groups excluding carboxylic acids is 2. The summed E-state index contributed by atoms with van der Waals surface area (Å²) in [4.78, 5) is 24.1. The Kier molecular flexibility index (Phi) is 8.62. The Bertz CT molecular complexity index is 490. The lowest BCUT2D eigenvalue weighted by Crippen LogP contribution is -2.29. The summed E-state index contributed by atoms with van der Waals surface area (Å²) in [6.45, 7) is 1.70. The normalized spacial score (nSPS) is 10.4. The molecule has 0 aromatic heterocycles. The molecule has 2 amide bonds. The van der Waals surface area contributed by atoms with E-state index >= 15 is 0 Å². The van der Waals surface area contributed by atoms with Gasteiger partial charge in [0, 0.05) is 36.3 Å². The van der Waals surface area contributed by atoms with E-state index in [9.17, 15) is 9.59 Å². The van der Waals surface area contributed by atoms with Gasteiger partial charge < -0.3 is 20.1 Å². The number of methoxy groups -OCH3 is 2. The highest BCUT2D eigenvalue weighted by molar-refractivity contribution is 9.11. The minimum absolute atomic E-state index is 0.240. The fraction of sp³-hybridized carbons (Fsp3) is 0.429. The maximum absolute atomic E-state index is 12.1. The van der Waals surface area contributed by atoms with Crippen LogP contribution in [-0.2, 0) is 9.47 Å². The van der Waals surface area contributed by atoms with Crippen molar-refractivity contribution in [1.82, 2.24) is 10.6 Å². The highest BCUT2D eigenvalue weighted by Crippen LogP contribution is 2.26. The molecule has 0 aliphatic heterocycles. The predicted molar refractivity (Wildman–Crippen MR) is 90.3 cm³/mol. The van der Waals surface area contributed by atoms with Crippen molar-refractivity contribution in [2.24, 2.45) is 0 Å². The van der Waals surface area contributed by atoms with Crippen LogP contribution in [0.15, 0.2) is 21.1 Å². The summed E-state index contributed by atoms with van der Waals surface area (Å²) >= 11 is 6.65. The van der Waals surface area contributed by atoms with Gasteiger partial charge in [-0.15, -0.1) is 0 Å². The Morgan fingerprint density at radius 2 is 1.27 bits per heavy atom. The third-order valence-corrected chi connectivity index (χ3v) is 4.04. The van der Waals surface area contributed by atoms with E-state index in [2.05, 4.69) is 42.5 Å². The molecule has 2 N–H and O–H groups in total. The lowest BCUT2D eigenvalue weighted by molar-refractivity contribution is 0.0924. The Morgan fingerprint density at radius 3 is 1.59 bits per heavy atom. The molecule has 0 fully saturated rings. The number of carbonyl (C=O) groups is 2. The first-order chi connectivity index (χ1) is 10.5. The van der Waals surface area contributed by atoms with Crippen molar-refractivity contribution in [3.8, 4) is 0 Å². The first kappa shape index (κ1) is 19.1. The van der Waals surface area contributed by atoms with Gasteiger partial charge in [0.2, 0.25) is 0 Å². The van der Waals surface area contributed by atoms with Gasteiger partial charge in [-0.2, -0.15) is 0 Å². The Labute approximate surface area is 146 Å². The quantitative estimate of drug-likeness (QED) is 0.609. The molecule has 1 aromatic carbocycles. The average Bonchev–Trinajstić information content (AvgIpc) is 2.49. The van der Waals surface area contributed by atoms with Crippen molar-refractivity contribution in [2.75, 3.05) is 40.5 Å². The molecule has 0 heterocycles. The minimum atomic E-state index is -0.240. The Balaban J connectivity index is 2.82. The van der Waals surface area contributed by atoms with Crippen molar-refractivity contribution < 1.29 is 19.1 Å². The van der Waals surface area contributed by atoms with Gasteiger partial charge in [0.05, 0.1) is 24.3 Å². The second-order valence-electron chi connectivity index (χ2n) is 4.31. The van der Waals surface area contributed by atoms with E-state index in [4.69, 9.17) is 9.47 Å². The maximum atomic E-state index is 12.1. The standard InChI is InChI=1S/C14H18Br2N2O4/c1-21-5-3-17-13(19)9-7-12(16)10(8-11(9)15)14(20)18-4-6-22-2/h7-8H,3-6H2,1-2H3,(H,17,19)(H,18,20). The van der Waals surface area contributed by atoms with Crippen LogP contribution < -0.4 is 10.6 Å². The summed E-state index contributed by atoms with van der Waals surface area (Å²) in [7, 11) is 3.13. The van der Waals surface area contributed by atoms with E-state index in [1.54, 1.807) is 26.4 Å². The Morgan fingerprint density at radius 1 is 0.909 bits per heavy atom. The zero-order valence-corrected chi connectivity index (χ0v) is 15.5. The van der Waals surface area contributed by atoms with E-state index < -0.39 is 0 Å². The van der Waals surface area contributed by atoms with E-state index in [1.165, 1.54) is 0 Å². The molecular weight excluding hydrogens is 420 g/mol. The molecule has 8 heteroatoms. The van der Waals surface area contributed by atoms with Gasteiger partial charge in [-0.1, -0.05) is 0 Å². The third-order valence-electron chi connectivity index (χ3n) is 2.73. The van der Waals surface area contributed by atoms with E-state index in [0.29, 0.717) is 46.4 Å². The zero-order chi connectivity index (χ0) is 16.5. The summed E-state index contributed by atoms with van der Waals surface area (Å²) < 4.78 is 10.8. The third kappa shape index (κ3) is 5.68. The lowest BCUT2D eigenvalue weighted by Gasteiger charge is -2.11. The molecule has 1 rings (SSSR count). The van der Waals surface area contributed by atoms with E-state index in [0.717, 1.165) is 0 Å². The van der Waals surface area contributed by atoms with Crippen LogP contribution >= 0.6 is 31.9 Å². The van der Waals surface area contributed by atoms with E-state index in [-0.39, 0.29) is 11.8 Å². The molecule has 0 atom stereocenters. The molecule has 0 spiro atoms. The number of halogens is 2. The molecule has 0 aliphatic rings. The van der Waals surface area contributed by atoms with Gasteiger partial charge in [-0.3, -0.25) is 9.59 Å². The molecule has 6 nitrogen and oxygen atoms in total. The van der Waals surface area contributed by atoms with Crippen LogP contribution in [0, 0.1) is 0 Å². The largest absolute Gasteiger partial charge is 0.383 e. The van der Waals surface area contributed by atoms with Gasteiger partial charge in [0.1, 0.15) is 0 Å². The number of nitrogens with one attached hydrogen (secondary N) is 2. The number of ether oxygens (including phenoxy) is 2. The minimum Gasteiger partial charge on any atom is -0.383 e. The van der Waals surface area contributed by atoms with Gasteiger partial charge in [0.15, 0.2) is 0 Å². The monoisotopic (exact) mass is 436 g/mol. The van der Waals surface area contributed by atoms with Crippen molar-refractivity contribution in [2.45, 2.75) is 0 Å². The smallest absolute Gasteiger partial charge is 0.252 e. The number of hydrogen-bond donors (Lipinski definition) is 2. The van der Waals surface area contributed by atoms with Crippen LogP contribution in [0.4, 0.5) is 0 Å². The van der Waals surface area contributed by atoms with Crippen LogP contribution in [0.3, 0.4) is 0 Å². The van der Waals surface area contributed by atoms with Crippen LogP contribution in [0.5, 0.6) is 0 Å².